The number of halogens is 6. The highest BCUT2D eigenvalue weighted by molar-refractivity contribution is 8.13. The second kappa shape index (κ2) is 7.74. The van der Waals surface area contributed by atoms with Crippen LogP contribution in [-0.4, -0.2) is 5.12 Å². The van der Waals surface area contributed by atoms with E-state index in [1.165, 1.54) is 0 Å². The maximum Gasteiger partial charge on any atom is 0.416 e. The lowest BCUT2D eigenvalue weighted by molar-refractivity contribution is -0.143. The van der Waals surface area contributed by atoms with Crippen LogP contribution in [0.2, 0.25) is 0 Å². The molecule has 3 aromatic rings. The SMILES string of the molecule is CC(C(=O)Sc1cc(C(F)(F)F)cc(C(F)(F)F)c1)c1ccc2ccccc2c1. The van der Waals surface area contributed by atoms with Gasteiger partial charge in [-0.3, -0.25) is 4.79 Å². The van der Waals surface area contributed by atoms with Gasteiger partial charge in [-0.1, -0.05) is 61.2 Å². The van der Waals surface area contributed by atoms with Crippen LogP contribution in [0.3, 0.4) is 0 Å². The Morgan fingerprint density at radius 1 is 0.793 bits per heavy atom. The van der Waals surface area contributed by atoms with E-state index in [1.54, 1.807) is 19.1 Å². The minimum Gasteiger partial charge on any atom is -0.286 e. The van der Waals surface area contributed by atoms with Crippen molar-refractivity contribution in [2.45, 2.75) is 30.1 Å². The van der Waals surface area contributed by atoms with Crippen LogP contribution < -0.4 is 0 Å². The standard InChI is InChI=1S/C21H14F6OS/c1-12(14-7-6-13-4-2-3-5-15(13)8-14)19(28)29-18-10-16(20(22,23)24)9-17(11-18)21(25,26)27/h2-12H,1H3. The Balaban J connectivity index is 1.90. The quantitative estimate of drug-likeness (QED) is 0.322. The summed E-state index contributed by atoms with van der Waals surface area (Å²) in [6, 6.07) is 13.9. The Morgan fingerprint density at radius 2 is 1.34 bits per heavy atom. The number of hydrogen-bond acceptors (Lipinski definition) is 2. The van der Waals surface area contributed by atoms with Gasteiger partial charge >= 0.3 is 12.4 Å². The lowest BCUT2D eigenvalue weighted by atomic mass is 9.99. The Hall–Kier alpha value is -2.48. The van der Waals surface area contributed by atoms with E-state index in [-0.39, 0.29) is 6.07 Å². The molecule has 0 bridgehead atoms. The molecule has 1 atom stereocenters. The van der Waals surface area contributed by atoms with Crippen LogP contribution in [0.15, 0.2) is 65.6 Å². The minimum atomic E-state index is -4.95. The second-order valence-corrected chi connectivity index (χ2v) is 7.57. The third kappa shape index (κ3) is 4.93. The third-order valence-corrected chi connectivity index (χ3v) is 5.43. The molecule has 0 aromatic heterocycles. The maximum atomic E-state index is 13.0. The molecule has 0 aliphatic heterocycles. The van der Waals surface area contributed by atoms with Crippen LogP contribution >= 0.6 is 11.8 Å². The number of hydrogen-bond donors (Lipinski definition) is 0. The number of thioether (sulfide) groups is 1. The predicted molar refractivity (Wildman–Crippen MR) is 99.7 cm³/mol. The topological polar surface area (TPSA) is 17.1 Å². The lowest BCUT2D eigenvalue weighted by Crippen LogP contribution is -2.11. The molecule has 3 aromatic carbocycles. The van der Waals surface area contributed by atoms with E-state index in [1.807, 2.05) is 30.3 Å². The fourth-order valence-corrected chi connectivity index (χ4v) is 3.72. The van der Waals surface area contributed by atoms with Crippen molar-refractivity contribution in [2.24, 2.45) is 0 Å². The molecule has 152 valence electrons. The highest BCUT2D eigenvalue weighted by atomic mass is 32.2. The molecule has 0 fully saturated rings. The van der Waals surface area contributed by atoms with E-state index in [0.717, 1.165) is 10.8 Å². The van der Waals surface area contributed by atoms with E-state index in [4.69, 9.17) is 0 Å². The van der Waals surface area contributed by atoms with Crippen LogP contribution in [0.1, 0.15) is 29.5 Å². The fraction of sp³-hybridized carbons (Fsp3) is 0.190. The molecule has 0 aliphatic rings. The van der Waals surface area contributed by atoms with E-state index in [9.17, 15) is 31.1 Å². The van der Waals surface area contributed by atoms with Gasteiger partial charge in [-0.25, -0.2) is 0 Å². The molecule has 1 nitrogen and oxygen atoms in total. The first kappa shape index (κ1) is 21.2. The smallest absolute Gasteiger partial charge is 0.286 e. The summed E-state index contributed by atoms with van der Waals surface area (Å²) < 4.78 is 77.9. The van der Waals surface area contributed by atoms with Gasteiger partial charge in [-0.05, 0) is 34.5 Å². The molecule has 0 spiro atoms. The zero-order chi connectivity index (χ0) is 21.4. The monoisotopic (exact) mass is 428 g/mol. The summed E-state index contributed by atoms with van der Waals surface area (Å²) in [5.41, 5.74) is -2.26. The van der Waals surface area contributed by atoms with Gasteiger partial charge in [0.15, 0.2) is 0 Å². The number of alkyl halides is 6. The minimum absolute atomic E-state index is 0.0430. The van der Waals surface area contributed by atoms with Crippen molar-refractivity contribution in [3.05, 3.63) is 77.4 Å². The first-order valence-corrected chi connectivity index (χ1v) is 9.26. The normalized spacial score (nSPS) is 13.5. The Bertz CT molecular complexity index is 1020. The molecular formula is C21H14F6OS. The molecule has 0 radical (unpaired) electrons. The average Bonchev–Trinajstić information content (AvgIpc) is 2.65. The molecule has 0 amide bonds. The van der Waals surface area contributed by atoms with Gasteiger partial charge in [0.05, 0.1) is 17.0 Å². The van der Waals surface area contributed by atoms with E-state index in [0.29, 0.717) is 29.5 Å². The van der Waals surface area contributed by atoms with Crippen LogP contribution in [0.4, 0.5) is 26.3 Å². The largest absolute Gasteiger partial charge is 0.416 e. The Labute approximate surface area is 166 Å². The fourth-order valence-electron chi connectivity index (χ4n) is 2.80. The van der Waals surface area contributed by atoms with Gasteiger partial charge in [-0.15, -0.1) is 0 Å². The highest BCUT2D eigenvalue weighted by Crippen LogP contribution is 2.39. The van der Waals surface area contributed by atoms with Gasteiger partial charge in [0.25, 0.3) is 0 Å². The molecule has 0 saturated heterocycles. The van der Waals surface area contributed by atoms with Gasteiger partial charge in [0.2, 0.25) is 5.12 Å². The van der Waals surface area contributed by atoms with Crippen molar-refractivity contribution in [1.29, 1.82) is 0 Å². The van der Waals surface area contributed by atoms with E-state index < -0.39 is 39.4 Å². The molecule has 8 heteroatoms. The summed E-state index contributed by atoms with van der Waals surface area (Å²) in [7, 11) is 0. The van der Waals surface area contributed by atoms with Crippen molar-refractivity contribution < 1.29 is 31.1 Å². The number of rotatable bonds is 3. The van der Waals surface area contributed by atoms with Gasteiger partial charge in [-0.2, -0.15) is 26.3 Å². The molecule has 3 rings (SSSR count). The van der Waals surface area contributed by atoms with Crippen LogP contribution in [-0.2, 0) is 17.1 Å². The highest BCUT2D eigenvalue weighted by Gasteiger charge is 2.37. The molecule has 1 unspecified atom stereocenters. The molecule has 0 heterocycles. The van der Waals surface area contributed by atoms with Crippen molar-refractivity contribution in [2.75, 3.05) is 0 Å². The van der Waals surface area contributed by atoms with Gasteiger partial charge < -0.3 is 0 Å². The summed E-state index contributed by atoms with van der Waals surface area (Å²) in [5.74, 6) is -0.714. The van der Waals surface area contributed by atoms with E-state index in [2.05, 4.69) is 0 Å². The molecular weight excluding hydrogens is 414 g/mol. The lowest BCUT2D eigenvalue weighted by Gasteiger charge is -2.15. The predicted octanol–water partition coefficient (Wildman–Crippen LogP) is 7.30. The van der Waals surface area contributed by atoms with Gasteiger partial charge in [0, 0.05) is 4.90 Å². The van der Waals surface area contributed by atoms with Crippen molar-refractivity contribution >= 4 is 27.6 Å². The zero-order valence-electron chi connectivity index (χ0n) is 14.9. The van der Waals surface area contributed by atoms with Crippen molar-refractivity contribution in [3.8, 4) is 0 Å². The number of fused-ring (bicyclic) bond motifs is 1. The number of carbonyl (C=O) groups excluding carboxylic acids is 1. The molecule has 0 aliphatic carbocycles. The first-order chi connectivity index (χ1) is 13.4. The first-order valence-electron chi connectivity index (χ1n) is 8.45. The summed E-state index contributed by atoms with van der Waals surface area (Å²) in [5, 5.41) is 1.29. The summed E-state index contributed by atoms with van der Waals surface area (Å²) in [6.45, 7) is 1.57. The van der Waals surface area contributed by atoms with E-state index >= 15 is 0 Å². The molecule has 29 heavy (non-hydrogen) atoms. The number of carbonyl (C=O) groups is 1. The average molecular weight is 428 g/mol. The molecule has 0 saturated carbocycles. The summed E-state index contributed by atoms with van der Waals surface area (Å²) >= 11 is 0.374. The summed E-state index contributed by atoms with van der Waals surface area (Å²) in [6.07, 6.45) is -9.91. The van der Waals surface area contributed by atoms with Crippen molar-refractivity contribution in [3.63, 3.8) is 0 Å². The maximum absolute atomic E-state index is 13.0. The number of benzene rings is 3. The van der Waals surface area contributed by atoms with Crippen molar-refractivity contribution in [1.82, 2.24) is 0 Å². The van der Waals surface area contributed by atoms with Crippen LogP contribution in [0, 0.1) is 0 Å². The summed E-state index contributed by atoms with van der Waals surface area (Å²) in [4.78, 5) is 12.2. The molecule has 0 N–H and O–H groups in total. The second-order valence-electron chi connectivity index (χ2n) is 6.49. The van der Waals surface area contributed by atoms with Crippen LogP contribution in [0.5, 0.6) is 0 Å². The third-order valence-electron chi connectivity index (χ3n) is 4.41. The Morgan fingerprint density at radius 3 is 1.90 bits per heavy atom. The van der Waals surface area contributed by atoms with Gasteiger partial charge in [0.1, 0.15) is 0 Å². The zero-order valence-corrected chi connectivity index (χ0v) is 15.8. The van der Waals surface area contributed by atoms with Crippen LogP contribution in [0.25, 0.3) is 10.8 Å². The Kier molecular flexibility index (Phi) is 5.67.